The van der Waals surface area contributed by atoms with E-state index >= 15 is 0 Å². The number of methoxy groups -OCH3 is 1. The predicted molar refractivity (Wildman–Crippen MR) is 75.5 cm³/mol. The van der Waals surface area contributed by atoms with Crippen LogP contribution in [-0.4, -0.2) is 51.1 Å². The van der Waals surface area contributed by atoms with Crippen molar-refractivity contribution < 1.29 is 9.53 Å². The van der Waals surface area contributed by atoms with Crippen molar-refractivity contribution in [2.75, 3.05) is 12.9 Å². The number of ether oxygens (including phenoxy) is 1. The SMILES string of the molecule is COC(=O)C(CCSc1nnnn1C1CC1)NC(C)C. The van der Waals surface area contributed by atoms with Gasteiger partial charge in [0, 0.05) is 11.8 Å². The third-order valence-corrected chi connectivity index (χ3v) is 3.98. The molecule has 0 amide bonds. The maximum Gasteiger partial charge on any atom is 0.322 e. The molecular weight excluding hydrogens is 278 g/mol. The molecule has 1 aromatic heterocycles. The Morgan fingerprint density at radius 3 is 2.90 bits per heavy atom. The van der Waals surface area contributed by atoms with E-state index in [-0.39, 0.29) is 18.1 Å². The molecule has 0 aliphatic heterocycles. The molecule has 1 heterocycles. The van der Waals surface area contributed by atoms with Gasteiger partial charge < -0.3 is 10.1 Å². The minimum Gasteiger partial charge on any atom is -0.468 e. The zero-order valence-corrected chi connectivity index (χ0v) is 12.9. The Bertz CT molecular complexity index is 447. The predicted octanol–water partition coefficient (Wildman–Crippen LogP) is 1.03. The number of hydrogen-bond donors (Lipinski definition) is 1. The monoisotopic (exact) mass is 299 g/mol. The van der Waals surface area contributed by atoms with Gasteiger partial charge in [-0.25, -0.2) is 4.68 Å². The summed E-state index contributed by atoms with van der Waals surface area (Å²) in [4.78, 5) is 11.7. The highest BCUT2D eigenvalue weighted by molar-refractivity contribution is 7.99. The summed E-state index contributed by atoms with van der Waals surface area (Å²) >= 11 is 1.58. The van der Waals surface area contributed by atoms with E-state index in [9.17, 15) is 4.79 Å². The van der Waals surface area contributed by atoms with Crippen LogP contribution in [0.1, 0.15) is 39.2 Å². The number of aromatic nitrogens is 4. The van der Waals surface area contributed by atoms with Crippen LogP contribution >= 0.6 is 11.8 Å². The van der Waals surface area contributed by atoms with Crippen LogP contribution in [0.2, 0.25) is 0 Å². The van der Waals surface area contributed by atoms with Crippen molar-refractivity contribution in [2.45, 2.75) is 56.4 Å². The molecule has 1 fully saturated rings. The summed E-state index contributed by atoms with van der Waals surface area (Å²) in [5.41, 5.74) is 0. The Balaban J connectivity index is 1.82. The quantitative estimate of drug-likeness (QED) is 0.567. The lowest BCUT2D eigenvalue weighted by Crippen LogP contribution is -2.41. The highest BCUT2D eigenvalue weighted by Gasteiger charge is 2.28. The summed E-state index contributed by atoms with van der Waals surface area (Å²) < 4.78 is 6.70. The molecule has 2 rings (SSSR count). The second-order valence-electron chi connectivity index (χ2n) is 5.17. The van der Waals surface area contributed by atoms with Gasteiger partial charge in [0.05, 0.1) is 13.2 Å². The number of hydrogen-bond acceptors (Lipinski definition) is 7. The van der Waals surface area contributed by atoms with Gasteiger partial charge in [-0.15, -0.1) is 5.10 Å². The molecule has 0 aromatic carbocycles. The van der Waals surface area contributed by atoms with Crippen LogP contribution in [-0.2, 0) is 9.53 Å². The Morgan fingerprint density at radius 1 is 1.55 bits per heavy atom. The number of nitrogens with zero attached hydrogens (tertiary/aromatic N) is 4. The number of carbonyl (C=O) groups is 1. The Labute approximate surface area is 122 Å². The van der Waals surface area contributed by atoms with Crippen LogP contribution in [0.3, 0.4) is 0 Å². The van der Waals surface area contributed by atoms with Gasteiger partial charge in [-0.3, -0.25) is 4.79 Å². The molecule has 8 heteroatoms. The summed E-state index contributed by atoms with van der Waals surface area (Å²) in [6.07, 6.45) is 2.99. The number of carbonyl (C=O) groups excluding carboxylic acids is 1. The van der Waals surface area contributed by atoms with Crippen LogP contribution in [0.15, 0.2) is 5.16 Å². The van der Waals surface area contributed by atoms with Crippen LogP contribution in [0.25, 0.3) is 0 Å². The average molecular weight is 299 g/mol. The van der Waals surface area contributed by atoms with Crippen molar-refractivity contribution in [3.63, 3.8) is 0 Å². The fourth-order valence-corrected chi connectivity index (χ4v) is 2.86. The van der Waals surface area contributed by atoms with Crippen molar-refractivity contribution in [1.29, 1.82) is 0 Å². The van der Waals surface area contributed by atoms with E-state index < -0.39 is 0 Å². The zero-order chi connectivity index (χ0) is 14.5. The Kier molecular flexibility index (Phi) is 5.36. The van der Waals surface area contributed by atoms with Crippen LogP contribution in [0, 0.1) is 0 Å². The summed E-state index contributed by atoms with van der Waals surface area (Å²) in [6.45, 7) is 4.02. The van der Waals surface area contributed by atoms with Crippen molar-refractivity contribution in [1.82, 2.24) is 25.5 Å². The molecule has 0 spiro atoms. The standard InChI is InChI=1S/C12H21N5O2S/c1-8(2)13-10(11(18)19-3)6-7-20-12-14-15-16-17(12)9-4-5-9/h8-10,13H,4-7H2,1-3H3. The maximum atomic E-state index is 11.7. The van der Waals surface area contributed by atoms with Gasteiger partial charge in [-0.05, 0) is 29.7 Å². The minimum absolute atomic E-state index is 0.221. The molecule has 0 bridgehead atoms. The molecule has 20 heavy (non-hydrogen) atoms. The largest absolute Gasteiger partial charge is 0.468 e. The van der Waals surface area contributed by atoms with Gasteiger partial charge in [0.25, 0.3) is 0 Å². The molecule has 1 saturated carbocycles. The molecule has 1 unspecified atom stereocenters. The number of esters is 1. The lowest BCUT2D eigenvalue weighted by atomic mass is 10.2. The normalized spacial score (nSPS) is 16.4. The second-order valence-corrected chi connectivity index (χ2v) is 6.23. The van der Waals surface area contributed by atoms with E-state index in [2.05, 4.69) is 20.8 Å². The van der Waals surface area contributed by atoms with Gasteiger partial charge in [-0.1, -0.05) is 25.6 Å². The zero-order valence-electron chi connectivity index (χ0n) is 12.1. The van der Waals surface area contributed by atoms with Crippen LogP contribution in [0.4, 0.5) is 0 Å². The van der Waals surface area contributed by atoms with Gasteiger partial charge in [0.1, 0.15) is 6.04 Å². The fraction of sp³-hybridized carbons (Fsp3) is 0.833. The third kappa shape index (κ3) is 4.17. The molecule has 1 atom stereocenters. The Hall–Kier alpha value is -1.15. The summed E-state index contributed by atoms with van der Waals surface area (Å²) in [7, 11) is 1.41. The highest BCUT2D eigenvalue weighted by atomic mass is 32.2. The van der Waals surface area contributed by atoms with E-state index in [0.29, 0.717) is 12.5 Å². The first-order valence-electron chi connectivity index (χ1n) is 6.86. The molecule has 7 nitrogen and oxygen atoms in total. The summed E-state index contributed by atoms with van der Waals surface area (Å²) in [6, 6.07) is 0.427. The number of tetrazole rings is 1. The molecule has 1 aromatic rings. The molecule has 1 N–H and O–H groups in total. The molecule has 1 aliphatic rings. The van der Waals surface area contributed by atoms with Crippen molar-refractivity contribution in [3.05, 3.63) is 0 Å². The topological polar surface area (TPSA) is 81.9 Å². The van der Waals surface area contributed by atoms with Crippen molar-refractivity contribution in [3.8, 4) is 0 Å². The van der Waals surface area contributed by atoms with Crippen LogP contribution in [0.5, 0.6) is 0 Å². The summed E-state index contributed by atoms with van der Waals surface area (Å²) in [5, 5.41) is 15.8. The van der Waals surface area contributed by atoms with Crippen molar-refractivity contribution >= 4 is 17.7 Å². The first-order valence-corrected chi connectivity index (χ1v) is 7.85. The first kappa shape index (κ1) is 15.2. The van der Waals surface area contributed by atoms with E-state index in [4.69, 9.17) is 4.74 Å². The minimum atomic E-state index is -0.280. The lowest BCUT2D eigenvalue weighted by Gasteiger charge is -2.18. The van der Waals surface area contributed by atoms with E-state index in [1.165, 1.54) is 7.11 Å². The molecule has 0 saturated heterocycles. The molecular formula is C12H21N5O2S. The van der Waals surface area contributed by atoms with Gasteiger partial charge >= 0.3 is 5.97 Å². The molecule has 112 valence electrons. The second kappa shape index (κ2) is 7.03. The lowest BCUT2D eigenvalue weighted by molar-refractivity contribution is -0.143. The highest BCUT2D eigenvalue weighted by Crippen LogP contribution is 2.36. The van der Waals surface area contributed by atoms with Gasteiger partial charge in [-0.2, -0.15) is 0 Å². The smallest absolute Gasteiger partial charge is 0.322 e. The third-order valence-electron chi connectivity index (χ3n) is 3.01. The van der Waals surface area contributed by atoms with E-state index in [0.717, 1.165) is 23.8 Å². The van der Waals surface area contributed by atoms with Gasteiger partial charge in [0.2, 0.25) is 5.16 Å². The number of rotatable bonds is 8. The maximum absolute atomic E-state index is 11.7. The van der Waals surface area contributed by atoms with E-state index in [1.54, 1.807) is 11.8 Å². The average Bonchev–Trinajstić information content (AvgIpc) is 3.16. The van der Waals surface area contributed by atoms with Gasteiger partial charge in [0.15, 0.2) is 0 Å². The summed E-state index contributed by atoms with van der Waals surface area (Å²) in [5.74, 6) is 0.549. The molecule has 1 aliphatic carbocycles. The van der Waals surface area contributed by atoms with Crippen LogP contribution < -0.4 is 5.32 Å². The number of thioether (sulfide) groups is 1. The van der Waals surface area contributed by atoms with Crippen molar-refractivity contribution in [2.24, 2.45) is 0 Å². The Morgan fingerprint density at radius 2 is 2.30 bits per heavy atom. The number of nitrogens with one attached hydrogen (secondary N) is 1. The van der Waals surface area contributed by atoms with E-state index in [1.807, 2.05) is 18.5 Å². The molecule has 0 radical (unpaired) electrons. The fourth-order valence-electron chi connectivity index (χ4n) is 1.91. The first-order chi connectivity index (χ1) is 9.61.